The number of phenolic OH excluding ortho intramolecular Hbond substituents is 1. The molecule has 3 rings (SSSR count). The summed E-state index contributed by atoms with van der Waals surface area (Å²) in [6, 6.07) is 11.0. The third-order valence-corrected chi connectivity index (χ3v) is 3.42. The molecule has 0 atom stereocenters. The van der Waals surface area contributed by atoms with Gasteiger partial charge in [-0.15, -0.1) is 0 Å². The summed E-state index contributed by atoms with van der Waals surface area (Å²) in [6.07, 6.45) is 1.40. The third kappa shape index (κ3) is 2.02. The van der Waals surface area contributed by atoms with Crippen LogP contribution in [0.25, 0.3) is 22.0 Å². The van der Waals surface area contributed by atoms with E-state index in [9.17, 15) is 5.11 Å². The molecule has 0 fully saturated rings. The summed E-state index contributed by atoms with van der Waals surface area (Å²) in [5, 5.41) is 10.9. The van der Waals surface area contributed by atoms with Gasteiger partial charge in [0.25, 0.3) is 0 Å². The molecule has 94 valence electrons. The van der Waals surface area contributed by atoms with Crippen LogP contribution in [0.3, 0.4) is 0 Å². The maximum absolute atomic E-state index is 10.1. The molecule has 0 saturated heterocycles. The smallest absolute Gasteiger partial charge is 0.134 e. The molecule has 0 aliphatic heterocycles. The van der Waals surface area contributed by atoms with Crippen molar-refractivity contribution in [1.29, 1.82) is 0 Å². The SMILES string of the molecule is Nc1ncnc2c(-c3cccc(Br)c3)c(O)ccc12. The standard InChI is InChI=1S/C14H10BrN3O/c15-9-3-1-2-8(6-9)12-11(19)5-4-10-13(12)17-7-18-14(10)16/h1-7,19H,(H2,16,17,18). The first-order valence-electron chi connectivity index (χ1n) is 5.65. The fourth-order valence-corrected chi connectivity index (χ4v) is 2.47. The van der Waals surface area contributed by atoms with Crippen molar-refractivity contribution in [3.63, 3.8) is 0 Å². The number of hydrogen-bond donors (Lipinski definition) is 2. The number of nitrogens with two attached hydrogens (primary N) is 1. The summed E-state index contributed by atoms with van der Waals surface area (Å²) in [5.74, 6) is 0.574. The number of phenols is 1. The van der Waals surface area contributed by atoms with E-state index in [-0.39, 0.29) is 5.75 Å². The number of anilines is 1. The highest BCUT2D eigenvalue weighted by Crippen LogP contribution is 2.37. The average molecular weight is 316 g/mol. The van der Waals surface area contributed by atoms with Crippen molar-refractivity contribution in [3.8, 4) is 16.9 Å². The third-order valence-electron chi connectivity index (χ3n) is 2.93. The highest BCUT2D eigenvalue weighted by Gasteiger charge is 2.12. The van der Waals surface area contributed by atoms with E-state index in [1.54, 1.807) is 12.1 Å². The lowest BCUT2D eigenvalue weighted by molar-refractivity contribution is 0.478. The molecule has 0 aliphatic carbocycles. The van der Waals surface area contributed by atoms with E-state index in [2.05, 4.69) is 25.9 Å². The Hall–Kier alpha value is -2.14. The number of nitrogen functional groups attached to an aromatic ring is 1. The molecule has 2 aromatic carbocycles. The van der Waals surface area contributed by atoms with Crippen LogP contribution in [0.1, 0.15) is 0 Å². The maximum atomic E-state index is 10.1. The minimum absolute atomic E-state index is 0.170. The first-order chi connectivity index (χ1) is 9.16. The van der Waals surface area contributed by atoms with Crippen LogP contribution in [0.15, 0.2) is 47.2 Å². The number of rotatable bonds is 1. The molecule has 0 radical (unpaired) electrons. The summed E-state index contributed by atoms with van der Waals surface area (Å²) in [4.78, 5) is 8.21. The molecule has 0 amide bonds. The summed E-state index contributed by atoms with van der Waals surface area (Å²) < 4.78 is 0.934. The predicted octanol–water partition coefficient (Wildman–Crippen LogP) is 3.35. The van der Waals surface area contributed by atoms with Crippen LogP contribution < -0.4 is 5.73 Å². The Morgan fingerprint density at radius 1 is 1.11 bits per heavy atom. The number of halogens is 1. The van der Waals surface area contributed by atoms with E-state index >= 15 is 0 Å². The molecule has 19 heavy (non-hydrogen) atoms. The van der Waals surface area contributed by atoms with E-state index in [1.807, 2.05) is 24.3 Å². The lowest BCUT2D eigenvalue weighted by Gasteiger charge is -2.09. The Labute approximate surface area is 118 Å². The van der Waals surface area contributed by atoms with Gasteiger partial charge in [0, 0.05) is 9.86 Å². The second kappa shape index (κ2) is 4.51. The lowest BCUT2D eigenvalue weighted by Crippen LogP contribution is -1.94. The fraction of sp³-hybridized carbons (Fsp3) is 0. The zero-order valence-corrected chi connectivity index (χ0v) is 11.4. The second-order valence-electron chi connectivity index (χ2n) is 4.13. The van der Waals surface area contributed by atoms with Crippen LogP contribution in [0.5, 0.6) is 5.75 Å². The van der Waals surface area contributed by atoms with Crippen molar-refractivity contribution in [2.45, 2.75) is 0 Å². The molecule has 3 aromatic rings. The van der Waals surface area contributed by atoms with Gasteiger partial charge in [-0.1, -0.05) is 28.1 Å². The Morgan fingerprint density at radius 3 is 2.74 bits per heavy atom. The molecule has 0 aliphatic rings. The van der Waals surface area contributed by atoms with E-state index in [1.165, 1.54) is 6.33 Å². The number of fused-ring (bicyclic) bond motifs is 1. The largest absolute Gasteiger partial charge is 0.507 e. The molecule has 0 saturated carbocycles. The number of hydrogen-bond acceptors (Lipinski definition) is 4. The summed E-state index contributed by atoms with van der Waals surface area (Å²) in [5.41, 5.74) is 8.02. The first kappa shape index (κ1) is 11.9. The van der Waals surface area contributed by atoms with Crippen LogP contribution in [-0.4, -0.2) is 15.1 Å². The topological polar surface area (TPSA) is 72.0 Å². The molecule has 3 N–H and O–H groups in total. The van der Waals surface area contributed by atoms with Crippen LogP contribution in [0, 0.1) is 0 Å². The van der Waals surface area contributed by atoms with Crippen molar-refractivity contribution in [1.82, 2.24) is 9.97 Å². The van der Waals surface area contributed by atoms with Gasteiger partial charge >= 0.3 is 0 Å². The van der Waals surface area contributed by atoms with E-state index in [4.69, 9.17) is 5.73 Å². The van der Waals surface area contributed by atoms with E-state index in [0.29, 0.717) is 16.9 Å². The Morgan fingerprint density at radius 2 is 1.95 bits per heavy atom. The van der Waals surface area contributed by atoms with Gasteiger partial charge in [0.05, 0.1) is 11.1 Å². The zero-order chi connectivity index (χ0) is 13.4. The van der Waals surface area contributed by atoms with Crippen LogP contribution in [-0.2, 0) is 0 Å². The van der Waals surface area contributed by atoms with Crippen LogP contribution >= 0.6 is 15.9 Å². The van der Waals surface area contributed by atoms with Gasteiger partial charge in [0.15, 0.2) is 0 Å². The van der Waals surface area contributed by atoms with Gasteiger partial charge in [-0.05, 0) is 29.8 Å². The molecule has 0 unspecified atom stereocenters. The number of aromatic nitrogens is 2. The first-order valence-corrected chi connectivity index (χ1v) is 6.44. The minimum atomic E-state index is 0.170. The normalized spacial score (nSPS) is 10.8. The highest BCUT2D eigenvalue weighted by atomic mass is 79.9. The molecule has 1 aromatic heterocycles. The number of benzene rings is 2. The quantitative estimate of drug-likeness (QED) is 0.722. The van der Waals surface area contributed by atoms with Crippen molar-refractivity contribution >= 4 is 32.7 Å². The molecular weight excluding hydrogens is 306 g/mol. The zero-order valence-electron chi connectivity index (χ0n) is 9.84. The van der Waals surface area contributed by atoms with Gasteiger partial charge in [0.1, 0.15) is 17.9 Å². The maximum Gasteiger partial charge on any atom is 0.134 e. The van der Waals surface area contributed by atoms with Crippen molar-refractivity contribution in [2.24, 2.45) is 0 Å². The monoisotopic (exact) mass is 315 g/mol. The van der Waals surface area contributed by atoms with Gasteiger partial charge in [-0.3, -0.25) is 0 Å². The van der Waals surface area contributed by atoms with E-state index < -0.39 is 0 Å². The Kier molecular flexibility index (Phi) is 2.83. The van der Waals surface area contributed by atoms with Gasteiger partial charge in [0.2, 0.25) is 0 Å². The molecular formula is C14H10BrN3O. The van der Waals surface area contributed by atoms with Crippen molar-refractivity contribution in [2.75, 3.05) is 5.73 Å². The average Bonchev–Trinajstić information content (AvgIpc) is 2.38. The van der Waals surface area contributed by atoms with Gasteiger partial charge in [-0.2, -0.15) is 0 Å². The van der Waals surface area contributed by atoms with Crippen molar-refractivity contribution in [3.05, 3.63) is 47.2 Å². The lowest BCUT2D eigenvalue weighted by atomic mass is 10.0. The summed E-state index contributed by atoms with van der Waals surface area (Å²) in [6.45, 7) is 0. The molecule has 0 spiro atoms. The number of nitrogens with zero attached hydrogens (tertiary/aromatic N) is 2. The predicted molar refractivity (Wildman–Crippen MR) is 78.8 cm³/mol. The number of aromatic hydroxyl groups is 1. The summed E-state index contributed by atoms with van der Waals surface area (Å²) >= 11 is 3.42. The summed E-state index contributed by atoms with van der Waals surface area (Å²) in [7, 11) is 0. The Balaban J connectivity index is 2.40. The van der Waals surface area contributed by atoms with E-state index in [0.717, 1.165) is 15.4 Å². The molecule has 0 bridgehead atoms. The second-order valence-corrected chi connectivity index (χ2v) is 5.04. The molecule has 1 heterocycles. The van der Waals surface area contributed by atoms with Crippen molar-refractivity contribution < 1.29 is 5.11 Å². The van der Waals surface area contributed by atoms with Gasteiger partial charge < -0.3 is 10.8 Å². The van der Waals surface area contributed by atoms with Crippen LogP contribution in [0.4, 0.5) is 5.82 Å². The molecule has 5 heteroatoms. The van der Waals surface area contributed by atoms with Gasteiger partial charge in [-0.25, -0.2) is 9.97 Å². The van der Waals surface area contributed by atoms with Crippen LogP contribution in [0.2, 0.25) is 0 Å². The highest BCUT2D eigenvalue weighted by molar-refractivity contribution is 9.10. The minimum Gasteiger partial charge on any atom is -0.507 e. The Bertz CT molecular complexity index is 774. The fourth-order valence-electron chi connectivity index (χ4n) is 2.07. The molecule has 4 nitrogen and oxygen atoms in total.